The number of aryl methyl sites for hydroxylation is 2. The number of hydrogen-bond acceptors (Lipinski definition) is 4. The van der Waals surface area contributed by atoms with Crippen LogP contribution in [0.1, 0.15) is 51.9 Å². The van der Waals surface area contributed by atoms with Gasteiger partial charge in [-0.25, -0.2) is 0 Å². The van der Waals surface area contributed by atoms with Crippen LogP contribution >= 0.6 is 0 Å². The summed E-state index contributed by atoms with van der Waals surface area (Å²) in [6.45, 7) is 2.10. The van der Waals surface area contributed by atoms with Crippen molar-refractivity contribution in [3.8, 4) is 0 Å². The number of fused-ring (bicyclic) bond motifs is 1. The number of nitrogens with zero attached hydrogens (tertiary/aromatic N) is 1. The summed E-state index contributed by atoms with van der Waals surface area (Å²) in [5, 5.41) is 16.9. The third kappa shape index (κ3) is 2.90. The molecule has 1 aromatic heterocycles. The number of nitrogens with one attached hydrogen (secondary N) is 1. The molecule has 5 heteroatoms. The van der Waals surface area contributed by atoms with Crippen molar-refractivity contribution in [1.82, 2.24) is 10.5 Å². The molecule has 0 saturated carbocycles. The van der Waals surface area contributed by atoms with E-state index in [1.165, 1.54) is 0 Å². The van der Waals surface area contributed by atoms with Gasteiger partial charge in [0.05, 0.1) is 6.10 Å². The first-order chi connectivity index (χ1) is 10.7. The monoisotopic (exact) mass is 300 g/mol. The summed E-state index contributed by atoms with van der Waals surface area (Å²) in [4.78, 5) is 12.3. The van der Waals surface area contributed by atoms with Gasteiger partial charge in [-0.2, -0.15) is 0 Å². The van der Waals surface area contributed by atoms with Crippen LogP contribution in [0.4, 0.5) is 0 Å². The van der Waals surface area contributed by atoms with E-state index in [9.17, 15) is 9.90 Å². The van der Waals surface area contributed by atoms with Crippen LogP contribution in [-0.2, 0) is 12.8 Å². The molecule has 1 amide bonds. The molecule has 0 spiro atoms. The quantitative estimate of drug-likeness (QED) is 0.908. The van der Waals surface area contributed by atoms with Crippen LogP contribution in [-0.4, -0.2) is 22.7 Å². The van der Waals surface area contributed by atoms with E-state index in [2.05, 4.69) is 10.5 Å². The van der Waals surface area contributed by atoms with Gasteiger partial charge in [0.25, 0.3) is 5.91 Å². The molecule has 5 nitrogen and oxygen atoms in total. The molecule has 1 aromatic carbocycles. The first-order valence-corrected chi connectivity index (χ1v) is 7.66. The topological polar surface area (TPSA) is 75.4 Å². The van der Waals surface area contributed by atoms with Crippen molar-refractivity contribution in [3.63, 3.8) is 0 Å². The lowest BCUT2D eigenvalue weighted by atomic mass is 9.96. The van der Waals surface area contributed by atoms with Gasteiger partial charge in [0.2, 0.25) is 0 Å². The van der Waals surface area contributed by atoms with Gasteiger partial charge in [0.1, 0.15) is 5.76 Å². The number of aliphatic hydroxyl groups is 1. The van der Waals surface area contributed by atoms with Crippen LogP contribution in [0.5, 0.6) is 0 Å². The molecular formula is C17H20N2O3. The molecule has 2 N–H and O–H groups in total. The average molecular weight is 300 g/mol. The number of benzene rings is 1. The third-order valence-corrected chi connectivity index (χ3v) is 4.17. The first kappa shape index (κ1) is 14.8. The molecule has 1 atom stereocenters. The van der Waals surface area contributed by atoms with Crippen LogP contribution < -0.4 is 5.32 Å². The minimum absolute atomic E-state index is 0.158. The van der Waals surface area contributed by atoms with Gasteiger partial charge in [-0.1, -0.05) is 29.4 Å². The second-order valence-electron chi connectivity index (χ2n) is 5.72. The van der Waals surface area contributed by atoms with E-state index in [0.29, 0.717) is 5.69 Å². The smallest absolute Gasteiger partial charge is 0.273 e. The molecule has 116 valence electrons. The highest BCUT2D eigenvalue weighted by Gasteiger charge is 2.24. The van der Waals surface area contributed by atoms with E-state index in [0.717, 1.165) is 48.1 Å². The summed E-state index contributed by atoms with van der Waals surface area (Å²) in [5.41, 5.74) is 3.12. The fourth-order valence-electron chi connectivity index (χ4n) is 2.91. The van der Waals surface area contributed by atoms with Crippen molar-refractivity contribution in [2.45, 2.75) is 38.7 Å². The standard InChI is InChI=1S/C17H20N2O3/c1-11-6-2-3-7-12(11)14(20)10-18-17(21)16-13-8-4-5-9-15(13)22-19-16/h2-3,6-7,14,20H,4-5,8-10H2,1H3,(H,18,21). The zero-order valence-corrected chi connectivity index (χ0v) is 12.6. The SMILES string of the molecule is Cc1ccccc1C(O)CNC(=O)c1noc2c1CCCC2. The number of rotatable bonds is 4. The fourth-order valence-corrected chi connectivity index (χ4v) is 2.91. The van der Waals surface area contributed by atoms with Gasteiger partial charge in [-0.3, -0.25) is 4.79 Å². The Hall–Kier alpha value is -2.14. The lowest BCUT2D eigenvalue weighted by molar-refractivity contribution is 0.0906. The van der Waals surface area contributed by atoms with E-state index >= 15 is 0 Å². The second kappa shape index (κ2) is 6.32. The Morgan fingerprint density at radius 1 is 1.36 bits per heavy atom. The summed E-state index contributed by atoms with van der Waals surface area (Å²) in [6, 6.07) is 7.60. The molecule has 2 aromatic rings. The molecule has 1 unspecified atom stereocenters. The van der Waals surface area contributed by atoms with Crippen molar-refractivity contribution >= 4 is 5.91 Å². The Morgan fingerprint density at radius 3 is 2.95 bits per heavy atom. The summed E-state index contributed by atoms with van der Waals surface area (Å²) < 4.78 is 5.25. The van der Waals surface area contributed by atoms with Gasteiger partial charge >= 0.3 is 0 Å². The fraction of sp³-hybridized carbons (Fsp3) is 0.412. The van der Waals surface area contributed by atoms with Crippen LogP contribution in [0, 0.1) is 6.92 Å². The van der Waals surface area contributed by atoms with E-state index in [1.807, 2.05) is 31.2 Å². The molecule has 1 heterocycles. The Morgan fingerprint density at radius 2 is 2.14 bits per heavy atom. The van der Waals surface area contributed by atoms with Gasteiger partial charge < -0.3 is 14.9 Å². The first-order valence-electron chi connectivity index (χ1n) is 7.66. The second-order valence-corrected chi connectivity index (χ2v) is 5.72. The van der Waals surface area contributed by atoms with Gasteiger partial charge in [-0.15, -0.1) is 0 Å². The van der Waals surface area contributed by atoms with Crippen LogP contribution in [0.25, 0.3) is 0 Å². The zero-order chi connectivity index (χ0) is 15.5. The molecule has 3 rings (SSSR count). The average Bonchev–Trinajstić information content (AvgIpc) is 2.97. The summed E-state index contributed by atoms with van der Waals surface area (Å²) >= 11 is 0. The van der Waals surface area contributed by atoms with Crippen LogP contribution in [0.2, 0.25) is 0 Å². The zero-order valence-electron chi connectivity index (χ0n) is 12.6. The highest BCUT2D eigenvalue weighted by atomic mass is 16.5. The Balaban J connectivity index is 1.65. The van der Waals surface area contributed by atoms with E-state index < -0.39 is 6.10 Å². The Labute approximate surface area is 129 Å². The number of aromatic nitrogens is 1. The normalized spacial score (nSPS) is 15.2. The lowest BCUT2D eigenvalue weighted by Gasteiger charge is -2.14. The molecule has 0 bridgehead atoms. The number of hydrogen-bond donors (Lipinski definition) is 2. The maximum atomic E-state index is 12.3. The molecular weight excluding hydrogens is 280 g/mol. The Kier molecular flexibility index (Phi) is 4.24. The van der Waals surface area contributed by atoms with E-state index in [4.69, 9.17) is 4.52 Å². The maximum Gasteiger partial charge on any atom is 0.273 e. The largest absolute Gasteiger partial charge is 0.387 e. The Bertz CT molecular complexity index is 678. The molecule has 1 aliphatic rings. The van der Waals surface area contributed by atoms with Crippen molar-refractivity contribution in [1.29, 1.82) is 0 Å². The minimum atomic E-state index is -0.729. The molecule has 0 radical (unpaired) electrons. The van der Waals surface area contributed by atoms with Crippen LogP contribution in [0.15, 0.2) is 28.8 Å². The van der Waals surface area contributed by atoms with Crippen molar-refractivity contribution < 1.29 is 14.4 Å². The lowest BCUT2D eigenvalue weighted by Crippen LogP contribution is -2.29. The highest BCUT2D eigenvalue weighted by Crippen LogP contribution is 2.24. The van der Waals surface area contributed by atoms with Crippen molar-refractivity contribution in [2.24, 2.45) is 0 Å². The van der Waals surface area contributed by atoms with E-state index in [-0.39, 0.29) is 12.5 Å². The highest BCUT2D eigenvalue weighted by molar-refractivity contribution is 5.93. The third-order valence-electron chi connectivity index (χ3n) is 4.17. The van der Waals surface area contributed by atoms with Crippen molar-refractivity contribution in [3.05, 3.63) is 52.4 Å². The number of carbonyl (C=O) groups excluding carboxylic acids is 1. The number of carbonyl (C=O) groups is 1. The predicted molar refractivity (Wildman–Crippen MR) is 81.6 cm³/mol. The van der Waals surface area contributed by atoms with Gasteiger partial charge in [0.15, 0.2) is 5.69 Å². The van der Waals surface area contributed by atoms with E-state index in [1.54, 1.807) is 0 Å². The van der Waals surface area contributed by atoms with Gasteiger partial charge in [-0.05, 0) is 37.3 Å². The molecule has 0 saturated heterocycles. The number of amides is 1. The molecule has 0 fully saturated rings. The van der Waals surface area contributed by atoms with Gasteiger partial charge in [0, 0.05) is 18.5 Å². The summed E-state index contributed by atoms with van der Waals surface area (Å²) in [6.07, 6.45) is 3.09. The maximum absolute atomic E-state index is 12.3. The van der Waals surface area contributed by atoms with Crippen LogP contribution in [0.3, 0.4) is 0 Å². The van der Waals surface area contributed by atoms with Crippen molar-refractivity contribution in [2.75, 3.05) is 6.54 Å². The molecule has 1 aliphatic carbocycles. The summed E-state index contributed by atoms with van der Waals surface area (Å²) in [7, 11) is 0. The summed E-state index contributed by atoms with van der Waals surface area (Å²) in [5.74, 6) is 0.551. The molecule has 22 heavy (non-hydrogen) atoms. The predicted octanol–water partition coefficient (Wildman–Crippen LogP) is 2.33. The minimum Gasteiger partial charge on any atom is -0.387 e. The molecule has 0 aliphatic heterocycles. The number of aliphatic hydroxyl groups excluding tert-OH is 1.